The molecule has 0 bridgehead atoms. The van der Waals surface area contributed by atoms with Crippen molar-refractivity contribution in [3.05, 3.63) is 11.7 Å². The van der Waals surface area contributed by atoms with E-state index >= 15 is 0 Å². The summed E-state index contributed by atoms with van der Waals surface area (Å²) in [5, 5.41) is 14.1. The van der Waals surface area contributed by atoms with E-state index in [1.54, 1.807) is 11.8 Å². The second-order valence-corrected chi connectivity index (χ2v) is 9.55. The van der Waals surface area contributed by atoms with Gasteiger partial charge in [-0.2, -0.15) is 4.98 Å². The third-order valence-corrected chi connectivity index (χ3v) is 6.00. The lowest BCUT2D eigenvalue weighted by molar-refractivity contribution is 0.319. The molecule has 7 nitrogen and oxygen atoms in total. The first-order chi connectivity index (χ1) is 12.4. The minimum atomic E-state index is -0.122. The van der Waals surface area contributed by atoms with Crippen LogP contribution in [0.1, 0.15) is 71.1 Å². The van der Waals surface area contributed by atoms with Gasteiger partial charge in [-0.3, -0.25) is 4.57 Å². The van der Waals surface area contributed by atoms with Crippen molar-refractivity contribution in [2.75, 3.05) is 18.0 Å². The number of hydrogen-bond acceptors (Lipinski definition) is 7. The SMILES string of the molecule is CC1CCN(c2nnc(SCc3noc(C(C)(C)C)n3)n2C2CC2)CC1. The second kappa shape index (κ2) is 6.87. The molecule has 1 aliphatic heterocycles. The van der Waals surface area contributed by atoms with E-state index in [9.17, 15) is 0 Å². The van der Waals surface area contributed by atoms with Crippen LogP contribution in [0.5, 0.6) is 0 Å². The lowest BCUT2D eigenvalue weighted by atomic mass is 9.97. The fourth-order valence-electron chi connectivity index (χ4n) is 3.19. The molecule has 1 aliphatic carbocycles. The van der Waals surface area contributed by atoms with Crippen LogP contribution >= 0.6 is 11.8 Å². The number of rotatable bonds is 5. The fourth-order valence-corrected chi connectivity index (χ4v) is 4.03. The van der Waals surface area contributed by atoms with Crippen molar-refractivity contribution in [1.29, 1.82) is 0 Å². The molecular formula is C18H28N6OS. The molecule has 2 aliphatic rings. The molecule has 2 fully saturated rings. The maximum atomic E-state index is 5.39. The molecule has 26 heavy (non-hydrogen) atoms. The van der Waals surface area contributed by atoms with Gasteiger partial charge in [0.25, 0.3) is 0 Å². The second-order valence-electron chi connectivity index (χ2n) is 8.61. The van der Waals surface area contributed by atoms with E-state index < -0.39 is 0 Å². The van der Waals surface area contributed by atoms with E-state index in [1.807, 2.05) is 0 Å². The highest BCUT2D eigenvalue weighted by Crippen LogP contribution is 2.41. The normalized spacial score (nSPS) is 19.3. The van der Waals surface area contributed by atoms with Gasteiger partial charge in [-0.1, -0.05) is 44.6 Å². The van der Waals surface area contributed by atoms with Crippen LogP contribution in [0.2, 0.25) is 0 Å². The average molecular weight is 377 g/mol. The Morgan fingerprint density at radius 1 is 1.12 bits per heavy atom. The van der Waals surface area contributed by atoms with E-state index in [4.69, 9.17) is 4.52 Å². The Balaban J connectivity index is 1.48. The van der Waals surface area contributed by atoms with Crippen LogP contribution in [0.25, 0.3) is 0 Å². The number of nitrogens with zero attached hydrogens (tertiary/aromatic N) is 6. The molecule has 0 unspecified atom stereocenters. The molecule has 0 amide bonds. The predicted molar refractivity (Wildman–Crippen MR) is 101 cm³/mol. The van der Waals surface area contributed by atoms with Gasteiger partial charge in [0.15, 0.2) is 11.0 Å². The molecule has 2 aromatic rings. The van der Waals surface area contributed by atoms with Crippen LogP contribution in [0.4, 0.5) is 5.95 Å². The van der Waals surface area contributed by atoms with E-state index in [2.05, 4.69) is 57.5 Å². The fraction of sp³-hybridized carbons (Fsp3) is 0.778. The van der Waals surface area contributed by atoms with Crippen LogP contribution in [-0.2, 0) is 11.2 Å². The van der Waals surface area contributed by atoms with Crippen molar-refractivity contribution in [3.8, 4) is 0 Å². The number of thioether (sulfide) groups is 1. The first-order valence-corrected chi connectivity index (χ1v) is 10.6. The van der Waals surface area contributed by atoms with Gasteiger partial charge in [0.05, 0.1) is 5.75 Å². The van der Waals surface area contributed by atoms with Crippen LogP contribution < -0.4 is 4.90 Å². The number of anilines is 1. The lowest BCUT2D eigenvalue weighted by Crippen LogP contribution is -2.34. The number of hydrogen-bond donors (Lipinski definition) is 0. The summed E-state index contributed by atoms with van der Waals surface area (Å²) in [5.41, 5.74) is -0.122. The topological polar surface area (TPSA) is 72.9 Å². The summed E-state index contributed by atoms with van der Waals surface area (Å²) in [6.07, 6.45) is 4.91. The lowest BCUT2D eigenvalue weighted by Gasteiger charge is -2.31. The van der Waals surface area contributed by atoms with Gasteiger partial charge in [-0.25, -0.2) is 0 Å². The van der Waals surface area contributed by atoms with Crippen LogP contribution in [-0.4, -0.2) is 38.0 Å². The quantitative estimate of drug-likeness (QED) is 0.734. The molecule has 0 radical (unpaired) electrons. The Hall–Kier alpha value is -1.57. The van der Waals surface area contributed by atoms with Crippen molar-refractivity contribution in [2.24, 2.45) is 5.92 Å². The Bertz CT molecular complexity index is 752. The Morgan fingerprint density at radius 3 is 2.46 bits per heavy atom. The molecule has 0 N–H and O–H groups in total. The molecule has 2 aromatic heterocycles. The first-order valence-electron chi connectivity index (χ1n) is 9.57. The van der Waals surface area contributed by atoms with Crippen LogP contribution in [0.15, 0.2) is 9.68 Å². The number of aromatic nitrogens is 5. The molecular weight excluding hydrogens is 348 g/mol. The summed E-state index contributed by atoms with van der Waals surface area (Å²) in [5.74, 6) is 3.91. The molecule has 3 heterocycles. The summed E-state index contributed by atoms with van der Waals surface area (Å²) in [6.45, 7) is 10.7. The molecule has 1 saturated carbocycles. The van der Waals surface area contributed by atoms with Gasteiger partial charge in [-0.15, -0.1) is 10.2 Å². The molecule has 0 spiro atoms. The van der Waals surface area contributed by atoms with Gasteiger partial charge in [0.1, 0.15) is 0 Å². The summed E-state index contributed by atoms with van der Waals surface area (Å²) in [7, 11) is 0. The van der Waals surface area contributed by atoms with E-state index in [0.29, 0.717) is 17.7 Å². The van der Waals surface area contributed by atoms with E-state index in [0.717, 1.165) is 35.9 Å². The highest BCUT2D eigenvalue weighted by molar-refractivity contribution is 7.98. The molecule has 142 valence electrons. The average Bonchev–Trinajstić information content (AvgIpc) is 3.16. The van der Waals surface area contributed by atoms with Gasteiger partial charge in [0, 0.05) is 24.5 Å². The third-order valence-electron chi connectivity index (χ3n) is 5.07. The van der Waals surface area contributed by atoms with Crippen molar-refractivity contribution in [1.82, 2.24) is 24.9 Å². The maximum Gasteiger partial charge on any atom is 0.232 e. The maximum absolute atomic E-state index is 5.39. The first kappa shape index (κ1) is 17.8. The van der Waals surface area contributed by atoms with Gasteiger partial charge in [0.2, 0.25) is 11.8 Å². The minimum absolute atomic E-state index is 0.122. The molecule has 1 saturated heterocycles. The monoisotopic (exact) mass is 376 g/mol. The highest BCUT2D eigenvalue weighted by atomic mass is 32.2. The third kappa shape index (κ3) is 3.75. The Kier molecular flexibility index (Phi) is 4.71. The zero-order valence-corrected chi connectivity index (χ0v) is 16.9. The summed E-state index contributed by atoms with van der Waals surface area (Å²) < 4.78 is 7.73. The summed E-state index contributed by atoms with van der Waals surface area (Å²) in [4.78, 5) is 6.93. The zero-order valence-electron chi connectivity index (χ0n) is 16.1. The molecule has 8 heteroatoms. The van der Waals surface area contributed by atoms with E-state index in [1.165, 1.54) is 25.7 Å². The summed E-state index contributed by atoms with van der Waals surface area (Å²) >= 11 is 1.66. The van der Waals surface area contributed by atoms with Gasteiger partial charge < -0.3 is 9.42 Å². The van der Waals surface area contributed by atoms with Gasteiger partial charge >= 0.3 is 0 Å². The Morgan fingerprint density at radius 2 is 1.85 bits per heavy atom. The molecule has 0 atom stereocenters. The molecule has 4 rings (SSSR count). The van der Waals surface area contributed by atoms with Crippen molar-refractivity contribution in [3.63, 3.8) is 0 Å². The Labute approximate surface area is 158 Å². The minimum Gasteiger partial charge on any atom is -0.341 e. The number of piperidine rings is 1. The summed E-state index contributed by atoms with van der Waals surface area (Å²) in [6, 6.07) is 0.553. The van der Waals surface area contributed by atoms with Crippen molar-refractivity contribution < 1.29 is 4.52 Å². The smallest absolute Gasteiger partial charge is 0.232 e. The van der Waals surface area contributed by atoms with Crippen LogP contribution in [0.3, 0.4) is 0 Å². The van der Waals surface area contributed by atoms with Crippen molar-refractivity contribution >= 4 is 17.7 Å². The molecule has 0 aromatic carbocycles. The largest absolute Gasteiger partial charge is 0.341 e. The zero-order chi connectivity index (χ0) is 18.3. The van der Waals surface area contributed by atoms with Crippen LogP contribution in [0, 0.1) is 5.92 Å². The highest BCUT2D eigenvalue weighted by Gasteiger charge is 2.32. The van der Waals surface area contributed by atoms with E-state index in [-0.39, 0.29) is 5.41 Å². The van der Waals surface area contributed by atoms with Crippen molar-refractivity contribution in [2.45, 2.75) is 75.7 Å². The predicted octanol–water partition coefficient (Wildman–Crippen LogP) is 3.82. The standard InChI is InChI=1S/C18H28N6OS/c1-12-7-9-23(10-8-12)16-20-21-17(24(16)13-5-6-13)26-11-14-19-15(25-22-14)18(2,3)4/h12-13H,5-11H2,1-4H3. The van der Waals surface area contributed by atoms with Gasteiger partial charge in [-0.05, 0) is 31.6 Å².